The van der Waals surface area contributed by atoms with Crippen molar-refractivity contribution < 1.29 is 0 Å². The van der Waals surface area contributed by atoms with Crippen LogP contribution in [0.25, 0.3) is 0 Å². The fourth-order valence-electron chi connectivity index (χ4n) is 3.01. The lowest BCUT2D eigenvalue weighted by Gasteiger charge is -2.18. The Kier molecular flexibility index (Phi) is 4.11. The molecule has 1 heterocycles. The van der Waals surface area contributed by atoms with E-state index in [-0.39, 0.29) is 0 Å². The number of nitrogens with zero attached hydrogens (tertiary/aromatic N) is 1. The molecule has 2 nitrogen and oxygen atoms in total. The molecule has 0 radical (unpaired) electrons. The van der Waals surface area contributed by atoms with Gasteiger partial charge in [-0.1, -0.05) is 23.7 Å². The largest absolute Gasteiger partial charge is 0.310 e. The Morgan fingerprint density at radius 3 is 2.68 bits per heavy atom. The lowest BCUT2D eigenvalue weighted by Crippen LogP contribution is -2.29. The summed E-state index contributed by atoms with van der Waals surface area (Å²) in [5.74, 6) is 0.829. The van der Waals surface area contributed by atoms with Crippen molar-refractivity contribution in [1.82, 2.24) is 10.2 Å². The molecule has 0 spiro atoms. The maximum atomic E-state index is 5.92. The molecular formula is C16H23ClN2. The van der Waals surface area contributed by atoms with Crippen molar-refractivity contribution in [2.75, 3.05) is 19.6 Å². The van der Waals surface area contributed by atoms with E-state index < -0.39 is 0 Å². The van der Waals surface area contributed by atoms with Crippen LogP contribution in [0.2, 0.25) is 5.02 Å². The first-order valence-corrected chi connectivity index (χ1v) is 7.83. The van der Waals surface area contributed by atoms with Crippen molar-refractivity contribution in [2.45, 2.75) is 38.3 Å². The van der Waals surface area contributed by atoms with E-state index >= 15 is 0 Å². The van der Waals surface area contributed by atoms with E-state index in [0.29, 0.717) is 6.04 Å². The fraction of sp³-hybridized carbons (Fsp3) is 0.625. The van der Waals surface area contributed by atoms with E-state index in [1.54, 1.807) is 0 Å². The third-order valence-electron chi connectivity index (χ3n) is 4.46. The summed E-state index contributed by atoms with van der Waals surface area (Å²) in [6.07, 6.45) is 4.22. The molecule has 19 heavy (non-hydrogen) atoms. The van der Waals surface area contributed by atoms with Crippen LogP contribution < -0.4 is 5.32 Å². The minimum absolute atomic E-state index is 0.409. The molecular weight excluding hydrogens is 256 g/mol. The summed E-state index contributed by atoms with van der Waals surface area (Å²) in [4.78, 5) is 2.68. The summed E-state index contributed by atoms with van der Waals surface area (Å²) in [7, 11) is 0. The molecule has 1 aliphatic carbocycles. The van der Waals surface area contributed by atoms with Crippen LogP contribution in [-0.4, -0.2) is 30.6 Å². The second-order valence-electron chi connectivity index (χ2n) is 6.06. The van der Waals surface area contributed by atoms with Crippen LogP contribution in [0.4, 0.5) is 0 Å². The zero-order valence-corrected chi connectivity index (χ0v) is 12.4. The van der Waals surface area contributed by atoms with Gasteiger partial charge < -0.3 is 10.2 Å². The van der Waals surface area contributed by atoms with E-state index in [1.807, 2.05) is 12.1 Å². The normalized spacial score (nSPS) is 25.7. The van der Waals surface area contributed by atoms with Crippen molar-refractivity contribution in [3.63, 3.8) is 0 Å². The van der Waals surface area contributed by atoms with Gasteiger partial charge in [0.2, 0.25) is 0 Å². The van der Waals surface area contributed by atoms with Crippen LogP contribution in [-0.2, 0) is 0 Å². The second kappa shape index (κ2) is 5.82. The maximum absolute atomic E-state index is 5.92. The van der Waals surface area contributed by atoms with Crippen LogP contribution in [0.15, 0.2) is 24.3 Å². The Labute approximate surface area is 121 Å². The van der Waals surface area contributed by atoms with E-state index in [4.69, 9.17) is 11.6 Å². The summed E-state index contributed by atoms with van der Waals surface area (Å²) in [6.45, 7) is 5.97. The van der Waals surface area contributed by atoms with Gasteiger partial charge in [0.05, 0.1) is 0 Å². The molecule has 1 saturated carbocycles. The average Bonchev–Trinajstić information content (AvgIpc) is 3.16. The highest BCUT2D eigenvalue weighted by molar-refractivity contribution is 6.30. The Bertz CT molecular complexity index is 413. The molecule has 3 rings (SSSR count). The average molecular weight is 279 g/mol. The van der Waals surface area contributed by atoms with Crippen molar-refractivity contribution in [3.8, 4) is 0 Å². The second-order valence-corrected chi connectivity index (χ2v) is 6.50. The lowest BCUT2D eigenvalue weighted by atomic mass is 10.1. The van der Waals surface area contributed by atoms with Crippen LogP contribution >= 0.6 is 11.6 Å². The van der Waals surface area contributed by atoms with Gasteiger partial charge in [-0.3, -0.25) is 0 Å². The van der Waals surface area contributed by atoms with E-state index in [9.17, 15) is 0 Å². The van der Waals surface area contributed by atoms with Gasteiger partial charge in [-0.05, 0) is 62.9 Å². The quantitative estimate of drug-likeness (QED) is 0.887. The SMILES string of the molecule is CC(NCC1CCN(C2CC2)C1)c1ccc(Cl)cc1. The predicted octanol–water partition coefficient (Wildman–Crippen LogP) is 3.47. The first-order valence-electron chi connectivity index (χ1n) is 7.45. The van der Waals surface area contributed by atoms with E-state index in [2.05, 4.69) is 29.3 Å². The summed E-state index contributed by atoms with van der Waals surface area (Å²) in [6, 6.07) is 9.51. The molecule has 0 bridgehead atoms. The van der Waals surface area contributed by atoms with Gasteiger partial charge in [-0.2, -0.15) is 0 Å². The molecule has 2 unspecified atom stereocenters. The highest BCUT2D eigenvalue weighted by Crippen LogP contribution is 2.31. The van der Waals surface area contributed by atoms with Crippen LogP contribution in [0.3, 0.4) is 0 Å². The number of hydrogen-bond acceptors (Lipinski definition) is 2. The molecule has 0 aromatic heterocycles. The third-order valence-corrected chi connectivity index (χ3v) is 4.72. The molecule has 1 saturated heterocycles. The fourth-order valence-corrected chi connectivity index (χ4v) is 3.14. The molecule has 2 aliphatic rings. The Hall–Kier alpha value is -0.570. The van der Waals surface area contributed by atoms with Gasteiger partial charge in [0, 0.05) is 23.7 Å². The number of hydrogen-bond donors (Lipinski definition) is 1. The third kappa shape index (κ3) is 3.50. The molecule has 1 aliphatic heterocycles. The molecule has 3 heteroatoms. The lowest BCUT2D eigenvalue weighted by molar-refractivity contribution is 0.310. The van der Waals surface area contributed by atoms with Crippen molar-refractivity contribution >= 4 is 11.6 Å². The summed E-state index contributed by atoms with van der Waals surface area (Å²) >= 11 is 5.92. The summed E-state index contributed by atoms with van der Waals surface area (Å²) in [5.41, 5.74) is 1.32. The zero-order valence-electron chi connectivity index (χ0n) is 11.6. The highest BCUT2D eigenvalue weighted by Gasteiger charge is 2.34. The number of nitrogens with one attached hydrogen (secondary N) is 1. The van der Waals surface area contributed by atoms with Crippen LogP contribution in [0.5, 0.6) is 0 Å². The molecule has 1 aromatic carbocycles. The molecule has 1 N–H and O–H groups in total. The number of rotatable bonds is 5. The highest BCUT2D eigenvalue weighted by atomic mass is 35.5. The Morgan fingerprint density at radius 2 is 2.00 bits per heavy atom. The molecule has 1 aromatic rings. The van der Waals surface area contributed by atoms with Crippen LogP contribution in [0, 0.1) is 5.92 Å². The Balaban J connectivity index is 1.45. The summed E-state index contributed by atoms with van der Waals surface area (Å²) in [5, 5.41) is 4.48. The molecule has 2 fully saturated rings. The molecule has 2 atom stereocenters. The first kappa shape index (κ1) is 13.4. The van der Waals surface area contributed by atoms with Gasteiger partial charge in [-0.15, -0.1) is 0 Å². The topological polar surface area (TPSA) is 15.3 Å². The Morgan fingerprint density at radius 1 is 1.26 bits per heavy atom. The van der Waals surface area contributed by atoms with Gasteiger partial charge in [0.25, 0.3) is 0 Å². The first-order chi connectivity index (χ1) is 9.22. The standard InChI is InChI=1S/C16H23ClN2/c1-12(14-2-4-15(17)5-3-14)18-10-13-8-9-19(11-13)16-6-7-16/h2-5,12-13,16,18H,6-11H2,1H3. The molecule has 0 amide bonds. The maximum Gasteiger partial charge on any atom is 0.0406 e. The van der Waals surface area contributed by atoms with Crippen molar-refractivity contribution in [3.05, 3.63) is 34.9 Å². The minimum Gasteiger partial charge on any atom is -0.310 e. The van der Waals surface area contributed by atoms with Gasteiger partial charge >= 0.3 is 0 Å². The number of benzene rings is 1. The number of likely N-dealkylation sites (tertiary alicyclic amines) is 1. The minimum atomic E-state index is 0.409. The van der Waals surface area contributed by atoms with Gasteiger partial charge in [-0.25, -0.2) is 0 Å². The smallest absolute Gasteiger partial charge is 0.0406 e. The van der Waals surface area contributed by atoms with Gasteiger partial charge in [0.1, 0.15) is 0 Å². The monoisotopic (exact) mass is 278 g/mol. The van der Waals surface area contributed by atoms with Crippen molar-refractivity contribution in [1.29, 1.82) is 0 Å². The predicted molar refractivity (Wildman–Crippen MR) is 80.6 cm³/mol. The van der Waals surface area contributed by atoms with Crippen LogP contribution in [0.1, 0.15) is 37.8 Å². The van der Waals surface area contributed by atoms with Gasteiger partial charge in [0.15, 0.2) is 0 Å². The zero-order chi connectivity index (χ0) is 13.2. The number of halogens is 1. The summed E-state index contributed by atoms with van der Waals surface area (Å²) < 4.78 is 0. The molecule has 104 valence electrons. The van der Waals surface area contributed by atoms with E-state index in [0.717, 1.165) is 23.5 Å². The van der Waals surface area contributed by atoms with E-state index in [1.165, 1.54) is 37.9 Å². The van der Waals surface area contributed by atoms with Crippen molar-refractivity contribution in [2.24, 2.45) is 5.92 Å².